The number of pyridine rings is 1. The number of aryl methyl sites for hydroxylation is 2. The summed E-state index contributed by atoms with van der Waals surface area (Å²) in [5.74, 6) is 0. The van der Waals surface area contributed by atoms with Gasteiger partial charge < -0.3 is 0 Å². The van der Waals surface area contributed by atoms with Gasteiger partial charge in [-0.2, -0.15) is 0 Å². The van der Waals surface area contributed by atoms with Crippen molar-refractivity contribution < 1.29 is 0 Å². The molecule has 5 nitrogen and oxygen atoms in total. The molecule has 17 heavy (non-hydrogen) atoms. The average Bonchev–Trinajstić information content (AvgIpc) is 2.26. The van der Waals surface area contributed by atoms with Gasteiger partial charge in [0.15, 0.2) is 0 Å². The summed E-state index contributed by atoms with van der Waals surface area (Å²) in [6, 6.07) is 1.96. The first-order chi connectivity index (χ1) is 8.06. The molecule has 5 heteroatoms. The van der Waals surface area contributed by atoms with Crippen molar-refractivity contribution in [2.75, 3.05) is 0 Å². The van der Waals surface area contributed by atoms with Crippen molar-refractivity contribution in [3.05, 3.63) is 62.2 Å². The van der Waals surface area contributed by atoms with Crippen LogP contribution in [0.5, 0.6) is 0 Å². The highest BCUT2D eigenvalue weighted by Crippen LogP contribution is 2.02. The lowest BCUT2D eigenvalue weighted by Crippen LogP contribution is -2.31. The topological polar surface area (TPSA) is 67.8 Å². The zero-order chi connectivity index (χ0) is 12.4. The first-order valence-electron chi connectivity index (χ1n) is 5.27. The average molecular weight is 231 g/mol. The second-order valence-electron chi connectivity index (χ2n) is 4.07. The molecule has 2 aromatic rings. The SMILES string of the molecule is Cc1cncc(Cn2cc(C)c(=O)[nH]c2=O)c1. The molecular formula is C12H13N3O2. The van der Waals surface area contributed by atoms with Gasteiger partial charge in [0.2, 0.25) is 0 Å². The van der Waals surface area contributed by atoms with E-state index in [1.165, 1.54) is 4.57 Å². The van der Waals surface area contributed by atoms with Crippen molar-refractivity contribution in [1.29, 1.82) is 0 Å². The Morgan fingerprint density at radius 1 is 1.29 bits per heavy atom. The molecule has 0 saturated heterocycles. The minimum atomic E-state index is -0.401. The Morgan fingerprint density at radius 3 is 2.76 bits per heavy atom. The van der Waals surface area contributed by atoms with E-state index in [4.69, 9.17) is 0 Å². The fourth-order valence-electron chi connectivity index (χ4n) is 1.64. The van der Waals surface area contributed by atoms with Crippen LogP contribution in [0.3, 0.4) is 0 Å². The number of rotatable bonds is 2. The van der Waals surface area contributed by atoms with Crippen LogP contribution in [0.15, 0.2) is 34.2 Å². The van der Waals surface area contributed by atoms with Gasteiger partial charge in [0, 0.05) is 24.2 Å². The molecule has 0 fully saturated rings. The normalized spacial score (nSPS) is 10.5. The van der Waals surface area contributed by atoms with Crippen LogP contribution in [0, 0.1) is 13.8 Å². The molecule has 0 aliphatic heterocycles. The van der Waals surface area contributed by atoms with Gasteiger partial charge in [-0.25, -0.2) is 4.79 Å². The third-order valence-electron chi connectivity index (χ3n) is 2.47. The van der Waals surface area contributed by atoms with E-state index < -0.39 is 5.69 Å². The van der Waals surface area contributed by atoms with Gasteiger partial charge >= 0.3 is 5.69 Å². The Morgan fingerprint density at radius 2 is 2.06 bits per heavy atom. The fraction of sp³-hybridized carbons (Fsp3) is 0.250. The van der Waals surface area contributed by atoms with Crippen molar-refractivity contribution >= 4 is 0 Å². The Labute approximate surface area is 97.8 Å². The number of nitrogens with zero attached hydrogens (tertiary/aromatic N) is 2. The maximum Gasteiger partial charge on any atom is 0.328 e. The molecular weight excluding hydrogens is 218 g/mol. The first kappa shape index (κ1) is 11.3. The lowest BCUT2D eigenvalue weighted by atomic mass is 10.2. The molecule has 2 heterocycles. The molecule has 0 saturated carbocycles. The van der Waals surface area contributed by atoms with Crippen molar-refractivity contribution in [2.45, 2.75) is 20.4 Å². The molecule has 2 rings (SSSR count). The van der Waals surface area contributed by atoms with Crippen LogP contribution >= 0.6 is 0 Å². The quantitative estimate of drug-likeness (QED) is 0.822. The van der Waals surface area contributed by atoms with Crippen LogP contribution < -0.4 is 11.2 Å². The number of nitrogens with one attached hydrogen (secondary N) is 1. The van der Waals surface area contributed by atoms with Crippen LogP contribution in [-0.4, -0.2) is 14.5 Å². The first-order valence-corrected chi connectivity index (χ1v) is 5.27. The fourth-order valence-corrected chi connectivity index (χ4v) is 1.64. The molecule has 0 atom stereocenters. The van der Waals surface area contributed by atoms with E-state index in [1.54, 1.807) is 25.5 Å². The summed E-state index contributed by atoms with van der Waals surface area (Å²) in [7, 11) is 0. The van der Waals surface area contributed by atoms with E-state index >= 15 is 0 Å². The van der Waals surface area contributed by atoms with E-state index in [0.717, 1.165) is 11.1 Å². The lowest BCUT2D eigenvalue weighted by Gasteiger charge is -2.06. The van der Waals surface area contributed by atoms with Crippen LogP contribution in [0.2, 0.25) is 0 Å². The molecule has 1 N–H and O–H groups in total. The number of hydrogen-bond donors (Lipinski definition) is 1. The molecule has 0 radical (unpaired) electrons. The zero-order valence-electron chi connectivity index (χ0n) is 9.73. The Hall–Kier alpha value is -2.17. The van der Waals surface area contributed by atoms with Gasteiger partial charge in [-0.15, -0.1) is 0 Å². The smallest absolute Gasteiger partial charge is 0.296 e. The van der Waals surface area contributed by atoms with Crippen molar-refractivity contribution in [3.63, 3.8) is 0 Å². The van der Waals surface area contributed by atoms with Crippen LogP contribution in [0.25, 0.3) is 0 Å². The zero-order valence-corrected chi connectivity index (χ0v) is 9.73. The molecule has 88 valence electrons. The maximum absolute atomic E-state index is 11.6. The predicted octanol–water partition coefficient (Wildman–Crippen LogP) is 0.597. The summed E-state index contributed by atoms with van der Waals surface area (Å²) in [6.07, 6.45) is 5.02. The van der Waals surface area contributed by atoms with Gasteiger partial charge in [-0.3, -0.25) is 19.3 Å². The Bertz CT molecular complexity index is 655. The summed E-state index contributed by atoms with van der Waals surface area (Å²) in [5.41, 5.74) is 1.75. The predicted molar refractivity (Wildman–Crippen MR) is 64.1 cm³/mol. The van der Waals surface area contributed by atoms with Gasteiger partial charge in [0.1, 0.15) is 0 Å². The summed E-state index contributed by atoms with van der Waals surface area (Å²) < 4.78 is 1.47. The lowest BCUT2D eigenvalue weighted by molar-refractivity contribution is 0.711. The molecule has 0 unspecified atom stereocenters. The molecule has 2 aromatic heterocycles. The number of H-pyrrole nitrogens is 1. The molecule has 0 aromatic carbocycles. The highest BCUT2D eigenvalue weighted by Gasteiger charge is 2.02. The summed E-state index contributed by atoms with van der Waals surface area (Å²) in [5, 5.41) is 0. The van der Waals surface area contributed by atoms with Crippen LogP contribution in [0.4, 0.5) is 0 Å². The summed E-state index contributed by atoms with van der Waals surface area (Å²) in [6.45, 7) is 4.02. The standard InChI is InChI=1S/C12H13N3O2/c1-8-3-10(5-13-4-8)7-15-6-9(2)11(16)14-12(15)17/h3-6H,7H2,1-2H3,(H,14,16,17). The Kier molecular flexibility index (Phi) is 2.91. The number of hydrogen-bond acceptors (Lipinski definition) is 3. The van der Waals surface area contributed by atoms with Gasteiger partial charge in [0.25, 0.3) is 5.56 Å². The van der Waals surface area contributed by atoms with Gasteiger partial charge in [-0.05, 0) is 25.0 Å². The highest BCUT2D eigenvalue weighted by molar-refractivity contribution is 5.17. The summed E-state index contributed by atoms with van der Waals surface area (Å²) in [4.78, 5) is 29.1. The van der Waals surface area contributed by atoms with Crippen LogP contribution in [0.1, 0.15) is 16.7 Å². The molecule has 0 amide bonds. The van der Waals surface area contributed by atoms with E-state index in [2.05, 4.69) is 9.97 Å². The molecule has 0 bridgehead atoms. The Balaban J connectivity index is 2.40. The van der Waals surface area contributed by atoms with Crippen molar-refractivity contribution in [1.82, 2.24) is 14.5 Å². The van der Waals surface area contributed by atoms with E-state index in [0.29, 0.717) is 12.1 Å². The second-order valence-corrected chi connectivity index (χ2v) is 4.07. The number of aromatic amines is 1. The van der Waals surface area contributed by atoms with Crippen LogP contribution in [-0.2, 0) is 6.54 Å². The third-order valence-corrected chi connectivity index (χ3v) is 2.47. The number of aromatic nitrogens is 3. The van der Waals surface area contributed by atoms with Gasteiger partial charge in [0.05, 0.1) is 6.54 Å². The van der Waals surface area contributed by atoms with Crippen molar-refractivity contribution in [3.8, 4) is 0 Å². The monoisotopic (exact) mass is 231 g/mol. The molecule has 0 aliphatic carbocycles. The van der Waals surface area contributed by atoms with E-state index in [1.807, 2.05) is 13.0 Å². The van der Waals surface area contributed by atoms with Gasteiger partial charge in [-0.1, -0.05) is 6.07 Å². The minimum absolute atomic E-state index is 0.339. The second kappa shape index (κ2) is 4.37. The summed E-state index contributed by atoms with van der Waals surface area (Å²) >= 11 is 0. The maximum atomic E-state index is 11.6. The largest absolute Gasteiger partial charge is 0.328 e. The van der Waals surface area contributed by atoms with E-state index in [-0.39, 0.29) is 5.56 Å². The van der Waals surface area contributed by atoms with Crippen molar-refractivity contribution in [2.24, 2.45) is 0 Å². The minimum Gasteiger partial charge on any atom is -0.296 e. The third kappa shape index (κ3) is 2.50. The molecule has 0 spiro atoms. The van der Waals surface area contributed by atoms with E-state index in [9.17, 15) is 9.59 Å². The highest BCUT2D eigenvalue weighted by atomic mass is 16.2. The molecule has 0 aliphatic rings.